The second-order valence-electron chi connectivity index (χ2n) is 4.38. The molecule has 0 saturated heterocycles. The van der Waals surface area contributed by atoms with E-state index in [-0.39, 0.29) is 11.1 Å². The van der Waals surface area contributed by atoms with Gasteiger partial charge < -0.3 is 21.7 Å². The van der Waals surface area contributed by atoms with Crippen LogP contribution < -0.4 is 16.5 Å². The average Bonchev–Trinajstić information content (AvgIpc) is 2.34. The van der Waals surface area contributed by atoms with E-state index in [4.69, 9.17) is 11.5 Å². The van der Waals surface area contributed by atoms with Crippen molar-refractivity contribution in [1.29, 1.82) is 0 Å². The number of anilines is 2. The van der Waals surface area contributed by atoms with Crippen LogP contribution in [-0.2, 0) is 0 Å². The zero-order valence-corrected chi connectivity index (χ0v) is 10.3. The van der Waals surface area contributed by atoms with Gasteiger partial charge in [0.1, 0.15) is 6.04 Å². The molecule has 0 bridgehead atoms. The van der Waals surface area contributed by atoms with E-state index >= 15 is 0 Å². The summed E-state index contributed by atoms with van der Waals surface area (Å²) < 4.78 is 0. The van der Waals surface area contributed by atoms with Gasteiger partial charge in [0.25, 0.3) is 0 Å². The highest BCUT2D eigenvalue weighted by atomic mass is 16.5. The van der Waals surface area contributed by atoms with Crippen molar-refractivity contribution in [2.45, 2.75) is 6.04 Å². The molecule has 0 heterocycles. The summed E-state index contributed by atoms with van der Waals surface area (Å²) in [4.78, 5) is 0. The second-order valence-corrected chi connectivity index (χ2v) is 4.38. The second kappa shape index (κ2) is 5.08. The molecule has 2 aromatic carbocycles. The van der Waals surface area contributed by atoms with E-state index in [0.29, 0.717) is 11.4 Å². The minimum atomic E-state index is -0.258. The number of hydroxylamine groups is 2. The van der Waals surface area contributed by atoms with Gasteiger partial charge in [0.15, 0.2) is 0 Å². The number of hydrogen-bond acceptors (Lipinski definition) is 3. The largest absolute Gasteiger partial charge is 0.634 e. The van der Waals surface area contributed by atoms with E-state index in [9.17, 15) is 5.21 Å². The van der Waals surface area contributed by atoms with Crippen LogP contribution >= 0.6 is 0 Å². The summed E-state index contributed by atoms with van der Waals surface area (Å²) in [5, 5.41) is 12.0. The van der Waals surface area contributed by atoms with Gasteiger partial charge >= 0.3 is 0 Å². The standard InChI is InChI=1S/C14H17N3O/c1-17(18)14(10-2-6-12(15)7-3-10)11-4-8-13(16)9-5-11/h2-9,14,17H,15-16H2,1H3. The molecule has 0 radical (unpaired) electrons. The van der Waals surface area contributed by atoms with Gasteiger partial charge in [-0.05, 0) is 24.3 Å². The van der Waals surface area contributed by atoms with Crippen molar-refractivity contribution in [3.05, 3.63) is 64.9 Å². The first kappa shape index (κ1) is 12.4. The molecule has 0 saturated carbocycles. The minimum absolute atomic E-state index is 0.101. The zero-order chi connectivity index (χ0) is 13.1. The first-order valence-corrected chi connectivity index (χ1v) is 5.79. The number of benzene rings is 2. The molecular weight excluding hydrogens is 226 g/mol. The number of rotatable bonds is 3. The molecule has 0 aliphatic carbocycles. The van der Waals surface area contributed by atoms with Gasteiger partial charge in [0.2, 0.25) is 0 Å². The number of nitrogens with one attached hydrogen (secondary N) is 1. The number of nitrogens with two attached hydrogens (primary N) is 2. The van der Waals surface area contributed by atoms with Crippen molar-refractivity contribution in [2.24, 2.45) is 0 Å². The lowest BCUT2D eigenvalue weighted by Crippen LogP contribution is -3.04. The summed E-state index contributed by atoms with van der Waals surface area (Å²) in [6, 6.07) is 14.5. The van der Waals surface area contributed by atoms with Gasteiger partial charge in [-0.1, -0.05) is 24.3 Å². The van der Waals surface area contributed by atoms with E-state index in [1.807, 2.05) is 48.5 Å². The summed E-state index contributed by atoms with van der Waals surface area (Å²) in [5.41, 5.74) is 14.6. The Labute approximate surface area is 106 Å². The lowest BCUT2D eigenvalue weighted by atomic mass is 9.98. The first-order chi connectivity index (χ1) is 8.58. The van der Waals surface area contributed by atoms with Crippen LogP contribution in [0.25, 0.3) is 0 Å². The van der Waals surface area contributed by atoms with Crippen LogP contribution in [0.5, 0.6) is 0 Å². The topological polar surface area (TPSA) is 79.5 Å². The third-order valence-electron chi connectivity index (χ3n) is 2.95. The fraction of sp³-hybridized carbons (Fsp3) is 0.143. The van der Waals surface area contributed by atoms with Crippen LogP contribution in [0, 0.1) is 5.21 Å². The quantitative estimate of drug-likeness (QED) is 0.554. The molecule has 94 valence electrons. The van der Waals surface area contributed by atoms with Crippen molar-refractivity contribution in [1.82, 2.24) is 0 Å². The number of nitrogen functional groups attached to an aromatic ring is 2. The van der Waals surface area contributed by atoms with Crippen molar-refractivity contribution in [3.63, 3.8) is 0 Å². The Morgan fingerprint density at radius 1 is 0.833 bits per heavy atom. The normalized spacial score (nSPS) is 12.6. The summed E-state index contributed by atoms with van der Waals surface area (Å²) in [5.74, 6) is 0. The molecule has 0 aromatic heterocycles. The van der Waals surface area contributed by atoms with Crippen molar-refractivity contribution in [2.75, 3.05) is 18.5 Å². The Morgan fingerprint density at radius 3 is 1.44 bits per heavy atom. The lowest BCUT2D eigenvalue weighted by Gasteiger charge is -2.28. The lowest BCUT2D eigenvalue weighted by molar-refractivity contribution is -0.854. The third kappa shape index (κ3) is 2.61. The van der Waals surface area contributed by atoms with E-state index in [2.05, 4.69) is 0 Å². The fourth-order valence-corrected chi connectivity index (χ4v) is 2.04. The van der Waals surface area contributed by atoms with E-state index < -0.39 is 0 Å². The van der Waals surface area contributed by atoms with Gasteiger partial charge in [-0.3, -0.25) is 0 Å². The van der Waals surface area contributed by atoms with Crippen molar-refractivity contribution < 1.29 is 5.06 Å². The number of quaternary nitrogens is 1. The summed E-state index contributed by atoms with van der Waals surface area (Å²) in [6.45, 7) is 0. The highest BCUT2D eigenvalue weighted by Gasteiger charge is 2.17. The molecule has 0 spiro atoms. The highest BCUT2D eigenvalue weighted by Crippen LogP contribution is 2.21. The predicted molar refractivity (Wildman–Crippen MR) is 73.8 cm³/mol. The molecule has 4 nitrogen and oxygen atoms in total. The summed E-state index contributed by atoms with van der Waals surface area (Å²) in [7, 11) is 1.59. The van der Waals surface area contributed by atoms with Gasteiger partial charge in [0, 0.05) is 22.5 Å². The Bertz CT molecular complexity index is 460. The number of hydrogen-bond donors (Lipinski definition) is 3. The molecule has 2 aromatic rings. The third-order valence-corrected chi connectivity index (χ3v) is 2.95. The van der Waals surface area contributed by atoms with E-state index in [1.165, 1.54) is 0 Å². The molecule has 1 atom stereocenters. The van der Waals surface area contributed by atoms with Crippen molar-refractivity contribution >= 4 is 11.4 Å². The van der Waals surface area contributed by atoms with Crippen LogP contribution in [0.2, 0.25) is 0 Å². The smallest absolute Gasteiger partial charge is 0.138 e. The minimum Gasteiger partial charge on any atom is -0.634 e. The monoisotopic (exact) mass is 243 g/mol. The van der Waals surface area contributed by atoms with Gasteiger partial charge in [-0.25, -0.2) is 0 Å². The molecule has 0 aliphatic rings. The SMILES string of the molecule is C[NH+]([O-])C(c1ccc(N)cc1)c1ccc(N)cc1. The Kier molecular flexibility index (Phi) is 3.50. The maximum Gasteiger partial charge on any atom is 0.138 e. The zero-order valence-electron chi connectivity index (χ0n) is 10.3. The average molecular weight is 243 g/mol. The van der Waals surface area contributed by atoms with Gasteiger partial charge in [-0.2, -0.15) is 0 Å². The van der Waals surface area contributed by atoms with Crippen LogP contribution in [-0.4, -0.2) is 7.05 Å². The maximum absolute atomic E-state index is 11.9. The fourth-order valence-electron chi connectivity index (χ4n) is 2.04. The molecular formula is C14H17N3O. The van der Waals surface area contributed by atoms with Crippen molar-refractivity contribution in [3.8, 4) is 0 Å². The summed E-state index contributed by atoms with van der Waals surface area (Å²) >= 11 is 0. The van der Waals surface area contributed by atoms with Gasteiger partial charge in [-0.15, -0.1) is 0 Å². The van der Waals surface area contributed by atoms with Crippen LogP contribution in [0.15, 0.2) is 48.5 Å². The first-order valence-electron chi connectivity index (χ1n) is 5.79. The molecule has 5 N–H and O–H groups in total. The van der Waals surface area contributed by atoms with Crippen LogP contribution in [0.1, 0.15) is 17.2 Å². The molecule has 18 heavy (non-hydrogen) atoms. The van der Waals surface area contributed by atoms with Gasteiger partial charge in [0.05, 0.1) is 7.05 Å². The maximum atomic E-state index is 11.9. The summed E-state index contributed by atoms with van der Waals surface area (Å²) in [6.07, 6.45) is 0. The van der Waals surface area contributed by atoms with Crippen LogP contribution in [0.4, 0.5) is 11.4 Å². The van der Waals surface area contributed by atoms with Crippen LogP contribution in [0.3, 0.4) is 0 Å². The van der Waals surface area contributed by atoms with E-state index in [1.54, 1.807) is 7.05 Å². The molecule has 4 heteroatoms. The molecule has 0 amide bonds. The molecule has 2 rings (SSSR count). The predicted octanol–water partition coefficient (Wildman–Crippen LogP) is 0.953. The molecule has 1 unspecified atom stereocenters. The Balaban J connectivity index is 2.39. The highest BCUT2D eigenvalue weighted by molar-refractivity contribution is 5.44. The Hall–Kier alpha value is -2.04. The molecule has 0 fully saturated rings. The van der Waals surface area contributed by atoms with E-state index in [0.717, 1.165) is 11.1 Å². The molecule has 0 aliphatic heterocycles. The Morgan fingerprint density at radius 2 is 1.17 bits per heavy atom.